The Balaban J connectivity index is 2.07. The molecule has 0 aliphatic heterocycles. The Labute approximate surface area is 123 Å². The Morgan fingerprint density at radius 1 is 1.35 bits per heavy atom. The molecule has 2 rings (SSSR count). The largest absolute Gasteiger partial charge is 0.496 e. The highest BCUT2D eigenvalue weighted by Gasteiger charge is 2.32. The van der Waals surface area contributed by atoms with Crippen LogP contribution in [0, 0.1) is 11.3 Å². The topological polar surface area (TPSA) is 62.1 Å². The summed E-state index contributed by atoms with van der Waals surface area (Å²) < 4.78 is 5.09. The molecule has 0 aromatic carbocycles. The quantitative estimate of drug-likeness (QED) is 0.927. The third-order valence-corrected chi connectivity index (χ3v) is 4.72. The van der Waals surface area contributed by atoms with E-state index >= 15 is 0 Å². The van der Waals surface area contributed by atoms with Crippen molar-refractivity contribution in [3.05, 3.63) is 16.3 Å². The van der Waals surface area contributed by atoms with E-state index in [1.807, 2.05) is 0 Å². The number of carbonyl (C=O) groups excluding carboxylic acids is 1. The molecule has 108 valence electrons. The lowest BCUT2D eigenvalue weighted by molar-refractivity contribution is 0.0911. The Morgan fingerprint density at radius 2 is 2.00 bits per heavy atom. The van der Waals surface area contributed by atoms with Gasteiger partial charge in [0.2, 0.25) is 0 Å². The maximum Gasteiger partial charge on any atom is 0.262 e. The van der Waals surface area contributed by atoms with Gasteiger partial charge in [-0.05, 0) is 12.8 Å². The van der Waals surface area contributed by atoms with Crippen LogP contribution in [0.15, 0.2) is 11.4 Å². The van der Waals surface area contributed by atoms with Crippen molar-refractivity contribution in [1.82, 2.24) is 5.32 Å². The average molecular weight is 292 g/mol. The van der Waals surface area contributed by atoms with E-state index in [4.69, 9.17) is 4.74 Å². The number of nitrogens with one attached hydrogen (secondary N) is 1. The van der Waals surface area contributed by atoms with Gasteiger partial charge in [-0.3, -0.25) is 4.79 Å². The second kappa shape index (κ2) is 6.76. The lowest BCUT2D eigenvalue weighted by atomic mass is 9.85. The molecule has 0 unspecified atom stereocenters. The van der Waals surface area contributed by atoms with E-state index in [0.717, 1.165) is 38.5 Å². The van der Waals surface area contributed by atoms with E-state index < -0.39 is 5.54 Å². The number of hydrogen-bond acceptors (Lipinski definition) is 4. The number of nitriles is 1. The van der Waals surface area contributed by atoms with Gasteiger partial charge in [-0.2, -0.15) is 5.26 Å². The Bertz CT molecular complexity index is 496. The summed E-state index contributed by atoms with van der Waals surface area (Å²) in [5, 5.41) is 14.3. The van der Waals surface area contributed by atoms with Crippen LogP contribution < -0.4 is 10.1 Å². The van der Waals surface area contributed by atoms with Crippen LogP contribution in [0.5, 0.6) is 5.75 Å². The van der Waals surface area contributed by atoms with Crippen molar-refractivity contribution < 1.29 is 9.53 Å². The third-order valence-electron chi connectivity index (χ3n) is 3.81. The van der Waals surface area contributed by atoms with Crippen molar-refractivity contribution in [2.45, 2.75) is 50.5 Å². The zero-order valence-corrected chi connectivity index (χ0v) is 12.6. The Kier molecular flexibility index (Phi) is 5.02. The minimum Gasteiger partial charge on any atom is -0.496 e. The van der Waals surface area contributed by atoms with Gasteiger partial charge in [-0.15, -0.1) is 11.3 Å². The van der Waals surface area contributed by atoms with Crippen molar-refractivity contribution in [2.24, 2.45) is 0 Å². The maximum absolute atomic E-state index is 12.3. The van der Waals surface area contributed by atoms with Crippen LogP contribution in [0.3, 0.4) is 0 Å². The van der Waals surface area contributed by atoms with Gasteiger partial charge in [-0.1, -0.05) is 32.1 Å². The summed E-state index contributed by atoms with van der Waals surface area (Å²) in [6.07, 6.45) is 7.02. The predicted molar refractivity (Wildman–Crippen MR) is 79.0 cm³/mol. The molecule has 1 aliphatic rings. The van der Waals surface area contributed by atoms with Crippen molar-refractivity contribution in [3.63, 3.8) is 0 Å². The Hall–Kier alpha value is -1.54. The molecule has 1 amide bonds. The van der Waals surface area contributed by atoms with Crippen LogP contribution in [0.25, 0.3) is 0 Å². The SMILES string of the molecule is COc1csc(C(=O)NC2(C#N)CCCCCCC2)c1. The lowest BCUT2D eigenvalue weighted by Gasteiger charge is -2.29. The van der Waals surface area contributed by atoms with Crippen LogP contribution >= 0.6 is 11.3 Å². The zero-order valence-electron chi connectivity index (χ0n) is 11.8. The molecule has 1 heterocycles. The normalized spacial score (nSPS) is 18.4. The summed E-state index contributed by atoms with van der Waals surface area (Å²) in [6.45, 7) is 0. The highest BCUT2D eigenvalue weighted by atomic mass is 32.1. The van der Waals surface area contributed by atoms with E-state index in [1.165, 1.54) is 17.8 Å². The van der Waals surface area contributed by atoms with E-state index in [2.05, 4.69) is 11.4 Å². The number of hydrogen-bond donors (Lipinski definition) is 1. The minimum atomic E-state index is -0.700. The summed E-state index contributed by atoms with van der Waals surface area (Å²) in [5.74, 6) is 0.518. The summed E-state index contributed by atoms with van der Waals surface area (Å²) in [6, 6.07) is 4.06. The van der Waals surface area contributed by atoms with Crippen LogP contribution in [0.2, 0.25) is 0 Å². The number of rotatable bonds is 3. The van der Waals surface area contributed by atoms with Crippen LogP contribution in [-0.2, 0) is 0 Å². The minimum absolute atomic E-state index is 0.166. The average Bonchev–Trinajstić information content (AvgIpc) is 2.91. The molecule has 1 aromatic heterocycles. The van der Waals surface area contributed by atoms with Crippen molar-refractivity contribution >= 4 is 17.2 Å². The van der Waals surface area contributed by atoms with Crippen molar-refractivity contribution in [2.75, 3.05) is 7.11 Å². The molecule has 1 N–H and O–H groups in total. The number of thiophene rings is 1. The van der Waals surface area contributed by atoms with Gasteiger partial charge in [0.25, 0.3) is 5.91 Å². The first-order valence-electron chi connectivity index (χ1n) is 7.05. The van der Waals surface area contributed by atoms with Gasteiger partial charge in [-0.25, -0.2) is 0 Å². The fraction of sp³-hybridized carbons (Fsp3) is 0.600. The molecule has 0 radical (unpaired) electrons. The van der Waals surface area contributed by atoms with Gasteiger partial charge >= 0.3 is 0 Å². The first-order chi connectivity index (χ1) is 9.69. The van der Waals surface area contributed by atoms with E-state index in [9.17, 15) is 10.1 Å². The molecule has 20 heavy (non-hydrogen) atoms. The molecule has 0 spiro atoms. The number of carbonyl (C=O) groups is 1. The number of amides is 1. The van der Waals surface area contributed by atoms with Gasteiger partial charge in [0.1, 0.15) is 11.3 Å². The summed E-state index contributed by atoms with van der Waals surface area (Å²) in [4.78, 5) is 12.9. The summed E-state index contributed by atoms with van der Waals surface area (Å²) >= 11 is 1.34. The first kappa shape index (κ1) is 14.9. The second-order valence-electron chi connectivity index (χ2n) is 5.27. The highest BCUT2D eigenvalue weighted by Crippen LogP contribution is 2.27. The van der Waals surface area contributed by atoms with E-state index in [0.29, 0.717) is 10.6 Å². The smallest absolute Gasteiger partial charge is 0.262 e. The molecule has 0 atom stereocenters. The summed E-state index contributed by atoms with van der Waals surface area (Å²) in [7, 11) is 1.58. The van der Waals surface area contributed by atoms with Gasteiger partial charge in [0, 0.05) is 11.4 Å². The molecule has 1 saturated carbocycles. The van der Waals surface area contributed by atoms with Crippen LogP contribution in [-0.4, -0.2) is 18.6 Å². The monoisotopic (exact) mass is 292 g/mol. The fourth-order valence-corrected chi connectivity index (χ4v) is 3.35. The molecule has 4 nitrogen and oxygen atoms in total. The molecular formula is C15H20N2O2S. The second-order valence-corrected chi connectivity index (χ2v) is 6.18. The number of ether oxygens (including phenoxy) is 1. The zero-order chi connectivity index (χ0) is 14.4. The van der Waals surface area contributed by atoms with E-state index in [-0.39, 0.29) is 5.91 Å². The molecular weight excluding hydrogens is 272 g/mol. The number of nitrogens with zero attached hydrogens (tertiary/aromatic N) is 1. The maximum atomic E-state index is 12.3. The van der Waals surface area contributed by atoms with E-state index in [1.54, 1.807) is 18.6 Å². The molecule has 1 fully saturated rings. The predicted octanol–water partition coefficient (Wildman–Crippen LogP) is 3.49. The highest BCUT2D eigenvalue weighted by molar-refractivity contribution is 7.12. The standard InChI is InChI=1S/C15H20N2O2S/c1-19-12-9-13(20-10-12)14(18)17-15(11-16)7-5-3-2-4-6-8-15/h9-10H,2-8H2,1H3,(H,17,18). The fourth-order valence-electron chi connectivity index (χ4n) is 2.60. The molecule has 1 aromatic rings. The summed E-state index contributed by atoms with van der Waals surface area (Å²) in [5.41, 5.74) is -0.700. The lowest BCUT2D eigenvalue weighted by Crippen LogP contribution is -2.47. The van der Waals surface area contributed by atoms with Crippen LogP contribution in [0.4, 0.5) is 0 Å². The van der Waals surface area contributed by atoms with Crippen molar-refractivity contribution in [1.29, 1.82) is 5.26 Å². The van der Waals surface area contributed by atoms with Crippen molar-refractivity contribution in [3.8, 4) is 11.8 Å². The molecule has 0 saturated heterocycles. The molecule has 0 bridgehead atoms. The molecule has 5 heteroatoms. The molecule has 1 aliphatic carbocycles. The van der Waals surface area contributed by atoms with Gasteiger partial charge < -0.3 is 10.1 Å². The van der Waals surface area contributed by atoms with Crippen LogP contribution in [0.1, 0.15) is 54.6 Å². The first-order valence-corrected chi connectivity index (χ1v) is 7.93. The Morgan fingerprint density at radius 3 is 2.55 bits per heavy atom. The number of methoxy groups -OCH3 is 1. The third kappa shape index (κ3) is 3.51. The van der Waals surface area contributed by atoms with Gasteiger partial charge in [0.15, 0.2) is 0 Å². The van der Waals surface area contributed by atoms with Gasteiger partial charge in [0.05, 0.1) is 18.1 Å².